The fourth-order valence-corrected chi connectivity index (χ4v) is 3.05. The Morgan fingerprint density at radius 1 is 1.00 bits per heavy atom. The minimum atomic E-state index is -0.832. The van der Waals surface area contributed by atoms with Gasteiger partial charge in [0.25, 0.3) is 0 Å². The van der Waals surface area contributed by atoms with E-state index in [2.05, 4.69) is 6.08 Å². The summed E-state index contributed by atoms with van der Waals surface area (Å²) in [6.07, 6.45) is 4.60. The highest BCUT2D eigenvalue weighted by Gasteiger charge is 2.33. The normalized spacial score (nSPS) is 30.7. The summed E-state index contributed by atoms with van der Waals surface area (Å²) in [4.78, 5) is 0. The zero-order chi connectivity index (χ0) is 17.6. The predicted octanol–water partition coefficient (Wildman–Crippen LogP) is 3.45. The summed E-state index contributed by atoms with van der Waals surface area (Å²) in [5, 5.41) is 0. The van der Waals surface area contributed by atoms with Crippen molar-refractivity contribution in [1.82, 2.24) is 0 Å². The molecule has 0 saturated carbocycles. The minimum absolute atomic E-state index is 0.0473. The highest BCUT2D eigenvalue weighted by Crippen LogP contribution is 2.24. The van der Waals surface area contributed by atoms with Crippen LogP contribution in [0.1, 0.15) is 18.9 Å². The van der Waals surface area contributed by atoms with E-state index in [1.165, 1.54) is 6.07 Å². The van der Waals surface area contributed by atoms with Crippen molar-refractivity contribution in [2.24, 2.45) is 11.8 Å². The molecule has 2 heterocycles. The summed E-state index contributed by atoms with van der Waals surface area (Å²) >= 11 is 0. The Bertz CT molecular complexity index is 577. The van der Waals surface area contributed by atoms with Gasteiger partial charge in [0.2, 0.25) is 0 Å². The van der Waals surface area contributed by atoms with Crippen LogP contribution in [0.25, 0.3) is 0 Å². The first-order chi connectivity index (χ1) is 12.2. The Kier molecular flexibility index (Phi) is 6.53. The molecule has 2 aliphatic heterocycles. The fourth-order valence-electron chi connectivity index (χ4n) is 3.05. The quantitative estimate of drug-likeness (QED) is 0.759. The number of ether oxygens (including phenoxy) is 4. The molecule has 0 spiro atoms. The third-order valence-corrected chi connectivity index (χ3v) is 4.44. The molecule has 138 valence electrons. The van der Waals surface area contributed by atoms with Gasteiger partial charge in [-0.25, -0.2) is 8.78 Å². The van der Waals surface area contributed by atoms with Gasteiger partial charge in [-0.3, -0.25) is 0 Å². The summed E-state index contributed by atoms with van der Waals surface area (Å²) < 4.78 is 49.1. The lowest BCUT2D eigenvalue weighted by Gasteiger charge is -2.37. The van der Waals surface area contributed by atoms with E-state index in [1.807, 2.05) is 13.0 Å². The highest BCUT2D eigenvalue weighted by atomic mass is 19.2. The lowest BCUT2D eigenvalue weighted by atomic mass is 10.1. The van der Waals surface area contributed by atoms with Crippen molar-refractivity contribution in [2.45, 2.75) is 32.3 Å². The third-order valence-electron chi connectivity index (χ3n) is 4.44. The van der Waals surface area contributed by atoms with Crippen molar-refractivity contribution in [3.05, 3.63) is 47.5 Å². The van der Waals surface area contributed by atoms with Gasteiger partial charge in [0.1, 0.15) is 0 Å². The van der Waals surface area contributed by atoms with E-state index < -0.39 is 11.6 Å². The number of aryl methyl sites for hydroxylation is 1. The summed E-state index contributed by atoms with van der Waals surface area (Å²) in [5.41, 5.74) is 0.724. The summed E-state index contributed by atoms with van der Waals surface area (Å²) in [7, 11) is 0. The molecular weight excluding hydrogens is 330 g/mol. The second kappa shape index (κ2) is 8.85. The van der Waals surface area contributed by atoms with Gasteiger partial charge in [-0.2, -0.15) is 0 Å². The number of hydrogen-bond donors (Lipinski definition) is 0. The van der Waals surface area contributed by atoms with Crippen LogP contribution < -0.4 is 0 Å². The average molecular weight is 354 g/mol. The molecule has 6 heteroatoms. The molecule has 0 unspecified atom stereocenters. The number of hydrogen-bond acceptors (Lipinski definition) is 4. The maximum absolute atomic E-state index is 13.2. The molecule has 0 bridgehead atoms. The van der Waals surface area contributed by atoms with Crippen LogP contribution in [-0.2, 0) is 25.4 Å². The van der Waals surface area contributed by atoms with E-state index in [-0.39, 0.29) is 18.5 Å². The van der Waals surface area contributed by atoms with Gasteiger partial charge < -0.3 is 18.9 Å². The molecule has 0 aromatic heterocycles. The maximum atomic E-state index is 13.2. The van der Waals surface area contributed by atoms with Gasteiger partial charge in [0, 0.05) is 12.3 Å². The molecule has 2 aliphatic rings. The van der Waals surface area contributed by atoms with Gasteiger partial charge in [-0.15, -0.1) is 0 Å². The first-order valence-corrected chi connectivity index (χ1v) is 8.69. The second-order valence-electron chi connectivity index (χ2n) is 6.46. The Hall–Kier alpha value is -1.34. The van der Waals surface area contributed by atoms with Crippen molar-refractivity contribution >= 4 is 0 Å². The zero-order valence-electron chi connectivity index (χ0n) is 14.3. The first-order valence-electron chi connectivity index (χ1n) is 8.69. The topological polar surface area (TPSA) is 36.9 Å². The number of rotatable bonds is 5. The Morgan fingerprint density at radius 2 is 1.72 bits per heavy atom. The van der Waals surface area contributed by atoms with Crippen LogP contribution in [0.4, 0.5) is 8.78 Å². The van der Waals surface area contributed by atoms with Gasteiger partial charge in [-0.05, 0) is 31.0 Å². The van der Waals surface area contributed by atoms with Crippen molar-refractivity contribution in [2.75, 3.05) is 26.4 Å². The fraction of sp³-hybridized carbons (Fsp3) is 0.579. The third kappa shape index (κ3) is 5.07. The molecule has 3 rings (SSSR count). The smallest absolute Gasteiger partial charge is 0.164 e. The van der Waals surface area contributed by atoms with Crippen LogP contribution in [0, 0.1) is 23.5 Å². The molecule has 2 fully saturated rings. The molecule has 1 aromatic rings. The van der Waals surface area contributed by atoms with Crippen molar-refractivity contribution < 1.29 is 27.7 Å². The van der Waals surface area contributed by atoms with Gasteiger partial charge in [0.05, 0.1) is 32.3 Å². The molecule has 0 atom stereocenters. The summed E-state index contributed by atoms with van der Waals surface area (Å²) in [6, 6.07) is 3.93. The monoisotopic (exact) mass is 354 g/mol. The zero-order valence-corrected chi connectivity index (χ0v) is 14.3. The van der Waals surface area contributed by atoms with Crippen LogP contribution in [-0.4, -0.2) is 39.0 Å². The first kappa shape index (κ1) is 18.5. The van der Waals surface area contributed by atoms with E-state index in [4.69, 9.17) is 18.9 Å². The highest BCUT2D eigenvalue weighted by molar-refractivity contribution is 5.17. The van der Waals surface area contributed by atoms with Crippen LogP contribution in [0.3, 0.4) is 0 Å². The molecule has 1 aromatic carbocycles. The van der Waals surface area contributed by atoms with Crippen molar-refractivity contribution in [1.29, 1.82) is 0 Å². The lowest BCUT2D eigenvalue weighted by Crippen LogP contribution is -2.44. The second-order valence-corrected chi connectivity index (χ2v) is 6.46. The van der Waals surface area contributed by atoms with Crippen LogP contribution in [0.5, 0.6) is 0 Å². The largest absolute Gasteiger partial charge is 0.352 e. The number of halogens is 2. The van der Waals surface area contributed by atoms with Gasteiger partial charge in [-0.1, -0.05) is 18.2 Å². The van der Waals surface area contributed by atoms with E-state index in [0.29, 0.717) is 45.2 Å². The molecule has 0 aliphatic carbocycles. The number of allylic oxidation sites excluding steroid dienone is 1. The van der Waals surface area contributed by atoms with Crippen LogP contribution >= 0.6 is 0 Å². The molecular formula is C19H24F2O4. The van der Waals surface area contributed by atoms with Crippen molar-refractivity contribution in [3.63, 3.8) is 0 Å². The van der Waals surface area contributed by atoms with Crippen LogP contribution in [0.15, 0.2) is 30.4 Å². The summed E-state index contributed by atoms with van der Waals surface area (Å²) in [5.74, 6) is -1.31. The number of benzene rings is 1. The Labute approximate surface area is 146 Å². The molecule has 4 nitrogen and oxygen atoms in total. The lowest BCUT2D eigenvalue weighted by molar-refractivity contribution is -0.278. The van der Waals surface area contributed by atoms with E-state index in [0.717, 1.165) is 11.6 Å². The minimum Gasteiger partial charge on any atom is -0.352 e. The molecule has 2 saturated heterocycles. The maximum Gasteiger partial charge on any atom is 0.164 e. The van der Waals surface area contributed by atoms with Crippen molar-refractivity contribution in [3.8, 4) is 0 Å². The summed E-state index contributed by atoms with van der Waals surface area (Å²) in [6.45, 7) is 4.27. The standard InChI is InChI=1S/C19H24F2O4/c1-2-3-14-9-24-19(25-10-14)15-11-22-18(23-12-15)7-5-13-4-6-16(20)17(21)8-13/h2-4,6,8,14-15,18-19H,5,7,9-12H2,1H3/b3-2+. The van der Waals surface area contributed by atoms with E-state index >= 15 is 0 Å². The molecule has 25 heavy (non-hydrogen) atoms. The Morgan fingerprint density at radius 3 is 2.36 bits per heavy atom. The Balaban J connectivity index is 1.39. The SMILES string of the molecule is C/C=C/C1COC(C2COC(CCc3ccc(F)c(F)c3)OC2)OC1. The van der Waals surface area contributed by atoms with Gasteiger partial charge in [0.15, 0.2) is 24.2 Å². The van der Waals surface area contributed by atoms with E-state index in [1.54, 1.807) is 6.07 Å². The van der Waals surface area contributed by atoms with Gasteiger partial charge >= 0.3 is 0 Å². The molecule has 0 radical (unpaired) electrons. The molecule has 0 N–H and O–H groups in total. The molecule has 0 amide bonds. The van der Waals surface area contributed by atoms with Crippen LogP contribution in [0.2, 0.25) is 0 Å². The predicted molar refractivity (Wildman–Crippen MR) is 87.9 cm³/mol. The average Bonchev–Trinajstić information content (AvgIpc) is 2.64. The van der Waals surface area contributed by atoms with E-state index in [9.17, 15) is 8.78 Å².